The Labute approximate surface area is 130 Å². The van der Waals surface area contributed by atoms with E-state index < -0.39 is 0 Å². The van der Waals surface area contributed by atoms with Crippen LogP contribution in [-0.2, 0) is 13.2 Å². The highest BCUT2D eigenvalue weighted by Crippen LogP contribution is 2.12. The topological polar surface area (TPSA) is 47.0 Å². The number of nitrogens with zero attached hydrogens (tertiary/aromatic N) is 2. The molecule has 1 aromatic heterocycles. The van der Waals surface area contributed by atoms with Gasteiger partial charge in [0.25, 0.3) is 0 Å². The number of nitrogens with one attached hydrogen (secondary N) is 1. The number of rotatable bonds is 7. The molecule has 1 heterocycles. The van der Waals surface area contributed by atoms with Crippen molar-refractivity contribution < 1.29 is 4.74 Å². The Morgan fingerprint density at radius 1 is 1.10 bits per heavy atom. The fourth-order valence-corrected chi connectivity index (χ4v) is 1.87. The van der Waals surface area contributed by atoms with Gasteiger partial charge >= 0.3 is 0 Å². The quantitative estimate of drug-likeness (QED) is 0.851. The SMILES string of the molecule is CC(C)CNCc1ccc(OCc2ccc(Cl)cc2)nn1. The van der Waals surface area contributed by atoms with Gasteiger partial charge in [0.05, 0.1) is 5.69 Å². The van der Waals surface area contributed by atoms with Gasteiger partial charge in [-0.3, -0.25) is 0 Å². The first-order valence-corrected chi connectivity index (χ1v) is 7.42. The van der Waals surface area contributed by atoms with Gasteiger partial charge in [-0.15, -0.1) is 5.10 Å². The van der Waals surface area contributed by atoms with E-state index in [2.05, 4.69) is 29.4 Å². The number of aromatic nitrogens is 2. The van der Waals surface area contributed by atoms with E-state index in [1.54, 1.807) is 0 Å². The van der Waals surface area contributed by atoms with Gasteiger partial charge in [-0.1, -0.05) is 37.6 Å². The molecular formula is C16H20ClN3O. The number of hydrogen-bond acceptors (Lipinski definition) is 4. The van der Waals surface area contributed by atoms with Crippen molar-refractivity contribution in [2.24, 2.45) is 5.92 Å². The highest BCUT2D eigenvalue weighted by atomic mass is 35.5. The molecule has 0 aliphatic carbocycles. The molecule has 0 unspecified atom stereocenters. The molecule has 5 heteroatoms. The number of ether oxygens (including phenoxy) is 1. The van der Waals surface area contributed by atoms with Gasteiger partial charge in [-0.05, 0) is 36.2 Å². The van der Waals surface area contributed by atoms with Crippen molar-refractivity contribution in [3.05, 3.63) is 52.7 Å². The van der Waals surface area contributed by atoms with Crippen LogP contribution in [0.25, 0.3) is 0 Å². The summed E-state index contributed by atoms with van der Waals surface area (Å²) in [7, 11) is 0. The lowest BCUT2D eigenvalue weighted by Crippen LogP contribution is -2.19. The molecule has 0 saturated carbocycles. The van der Waals surface area contributed by atoms with Crippen LogP contribution >= 0.6 is 11.6 Å². The lowest BCUT2D eigenvalue weighted by atomic mass is 10.2. The second kappa shape index (κ2) is 7.96. The molecule has 0 spiro atoms. The standard InChI is InChI=1S/C16H20ClN3O/c1-12(2)9-18-10-15-7-8-16(20-19-15)21-11-13-3-5-14(17)6-4-13/h3-8,12,18H,9-11H2,1-2H3. The number of hydrogen-bond donors (Lipinski definition) is 1. The van der Waals surface area contributed by atoms with Crippen molar-refractivity contribution in [3.8, 4) is 5.88 Å². The van der Waals surface area contributed by atoms with Crippen molar-refractivity contribution in [2.75, 3.05) is 6.54 Å². The molecule has 21 heavy (non-hydrogen) atoms. The van der Waals surface area contributed by atoms with Gasteiger partial charge in [0.15, 0.2) is 0 Å². The lowest BCUT2D eigenvalue weighted by molar-refractivity contribution is 0.289. The minimum absolute atomic E-state index is 0.455. The van der Waals surface area contributed by atoms with Crippen molar-refractivity contribution in [1.82, 2.24) is 15.5 Å². The maximum absolute atomic E-state index is 5.84. The maximum Gasteiger partial charge on any atom is 0.233 e. The zero-order valence-corrected chi connectivity index (χ0v) is 13.1. The summed E-state index contributed by atoms with van der Waals surface area (Å²) in [5, 5.41) is 12.3. The summed E-state index contributed by atoms with van der Waals surface area (Å²) in [5.41, 5.74) is 1.96. The Kier molecular flexibility index (Phi) is 5.96. The van der Waals surface area contributed by atoms with Crippen molar-refractivity contribution >= 4 is 11.6 Å². The molecule has 2 rings (SSSR count). The first-order chi connectivity index (χ1) is 10.1. The summed E-state index contributed by atoms with van der Waals surface area (Å²) in [4.78, 5) is 0. The van der Waals surface area contributed by atoms with Crippen molar-refractivity contribution in [3.63, 3.8) is 0 Å². The molecule has 0 aliphatic heterocycles. The number of halogens is 1. The molecule has 4 nitrogen and oxygen atoms in total. The first kappa shape index (κ1) is 15.7. The zero-order chi connectivity index (χ0) is 15.1. The summed E-state index contributed by atoms with van der Waals surface area (Å²) >= 11 is 5.84. The van der Waals surface area contributed by atoms with E-state index in [0.29, 0.717) is 18.4 Å². The van der Waals surface area contributed by atoms with Gasteiger partial charge in [-0.25, -0.2) is 0 Å². The van der Waals surface area contributed by atoms with Crippen molar-refractivity contribution in [1.29, 1.82) is 0 Å². The molecule has 1 N–H and O–H groups in total. The largest absolute Gasteiger partial charge is 0.472 e. The van der Waals surface area contributed by atoms with Crippen LogP contribution in [0, 0.1) is 5.92 Å². The minimum Gasteiger partial charge on any atom is -0.472 e. The van der Waals surface area contributed by atoms with Crippen LogP contribution in [0.15, 0.2) is 36.4 Å². The summed E-state index contributed by atoms with van der Waals surface area (Å²) in [6, 6.07) is 11.3. The fourth-order valence-electron chi connectivity index (χ4n) is 1.75. The molecule has 0 amide bonds. The monoisotopic (exact) mass is 305 g/mol. The molecule has 0 saturated heterocycles. The predicted octanol–water partition coefficient (Wildman–Crippen LogP) is 3.45. The molecule has 0 atom stereocenters. The maximum atomic E-state index is 5.84. The van der Waals surface area contributed by atoms with Crippen LogP contribution in [0.5, 0.6) is 5.88 Å². The smallest absolute Gasteiger partial charge is 0.233 e. The van der Waals surface area contributed by atoms with Crippen LogP contribution in [0.4, 0.5) is 0 Å². The predicted molar refractivity (Wildman–Crippen MR) is 84.4 cm³/mol. The summed E-state index contributed by atoms with van der Waals surface area (Å²) in [6.07, 6.45) is 0. The molecule has 0 fully saturated rings. The van der Waals surface area contributed by atoms with E-state index in [4.69, 9.17) is 16.3 Å². The zero-order valence-electron chi connectivity index (χ0n) is 12.3. The van der Waals surface area contributed by atoms with Crippen molar-refractivity contribution in [2.45, 2.75) is 27.0 Å². The highest BCUT2D eigenvalue weighted by Gasteiger charge is 2.01. The third-order valence-corrected chi connectivity index (χ3v) is 3.11. The van der Waals surface area contributed by atoms with Gasteiger partial charge < -0.3 is 10.1 Å². The first-order valence-electron chi connectivity index (χ1n) is 7.04. The minimum atomic E-state index is 0.455. The van der Waals surface area contributed by atoms with Gasteiger partial charge in [0.1, 0.15) is 6.61 Å². The molecule has 1 aromatic carbocycles. The third kappa shape index (κ3) is 5.69. The van der Waals surface area contributed by atoms with E-state index in [1.807, 2.05) is 36.4 Å². The van der Waals surface area contributed by atoms with Crippen LogP contribution in [-0.4, -0.2) is 16.7 Å². The Morgan fingerprint density at radius 2 is 1.86 bits per heavy atom. The Balaban J connectivity index is 1.80. The molecule has 0 bridgehead atoms. The molecule has 2 aromatic rings. The summed E-state index contributed by atoms with van der Waals surface area (Å²) < 4.78 is 5.59. The van der Waals surface area contributed by atoms with E-state index in [0.717, 1.165) is 29.4 Å². The van der Waals surface area contributed by atoms with E-state index in [9.17, 15) is 0 Å². The molecule has 0 aliphatic rings. The van der Waals surface area contributed by atoms with Crippen LogP contribution in [0.3, 0.4) is 0 Å². The summed E-state index contributed by atoms with van der Waals surface area (Å²) in [6.45, 7) is 6.49. The van der Waals surface area contributed by atoms with Gasteiger partial charge in [0.2, 0.25) is 5.88 Å². The average molecular weight is 306 g/mol. The van der Waals surface area contributed by atoms with E-state index in [-0.39, 0.29) is 0 Å². The highest BCUT2D eigenvalue weighted by molar-refractivity contribution is 6.30. The summed E-state index contributed by atoms with van der Waals surface area (Å²) in [5.74, 6) is 1.15. The average Bonchev–Trinajstić information content (AvgIpc) is 2.48. The normalized spacial score (nSPS) is 10.9. The van der Waals surface area contributed by atoms with Crippen LogP contribution < -0.4 is 10.1 Å². The van der Waals surface area contributed by atoms with E-state index in [1.165, 1.54) is 0 Å². The van der Waals surface area contributed by atoms with Crippen LogP contribution in [0.1, 0.15) is 25.1 Å². The Hall–Kier alpha value is -1.65. The van der Waals surface area contributed by atoms with Gasteiger partial charge in [0, 0.05) is 17.6 Å². The fraction of sp³-hybridized carbons (Fsp3) is 0.375. The van der Waals surface area contributed by atoms with E-state index >= 15 is 0 Å². The second-order valence-electron chi connectivity index (χ2n) is 5.30. The lowest BCUT2D eigenvalue weighted by Gasteiger charge is -2.07. The molecule has 112 valence electrons. The molecule has 0 radical (unpaired) electrons. The third-order valence-electron chi connectivity index (χ3n) is 2.85. The van der Waals surface area contributed by atoms with Crippen LogP contribution in [0.2, 0.25) is 5.02 Å². The second-order valence-corrected chi connectivity index (χ2v) is 5.74. The van der Waals surface area contributed by atoms with Gasteiger partial charge in [-0.2, -0.15) is 5.10 Å². The number of benzene rings is 1. The Morgan fingerprint density at radius 3 is 2.48 bits per heavy atom. The Bertz CT molecular complexity index is 540. The molecular weight excluding hydrogens is 286 g/mol.